The average Bonchev–Trinajstić information content (AvgIpc) is 2.66. The van der Waals surface area contributed by atoms with Crippen LogP contribution in [0.15, 0.2) is 4.47 Å². The highest BCUT2D eigenvalue weighted by atomic mass is 79.9. The molecule has 5 heteroatoms. The van der Waals surface area contributed by atoms with Gasteiger partial charge in [0.25, 0.3) is 0 Å². The van der Waals surface area contributed by atoms with Crippen LogP contribution >= 0.6 is 15.9 Å². The van der Waals surface area contributed by atoms with E-state index in [2.05, 4.69) is 28.0 Å². The van der Waals surface area contributed by atoms with Crippen molar-refractivity contribution in [2.75, 3.05) is 0 Å². The number of nitrogens with zero attached hydrogens (tertiary/aromatic N) is 2. The number of ketones is 1. The van der Waals surface area contributed by atoms with Gasteiger partial charge >= 0.3 is 0 Å². The molecular weight excluding hydrogens is 294 g/mol. The predicted octanol–water partition coefficient (Wildman–Crippen LogP) is 2.47. The van der Waals surface area contributed by atoms with Crippen LogP contribution in [0.4, 0.5) is 0 Å². The zero-order chi connectivity index (χ0) is 13.9. The van der Waals surface area contributed by atoms with Crippen LogP contribution in [0.5, 0.6) is 0 Å². The Labute approximate surface area is 117 Å². The van der Waals surface area contributed by atoms with Gasteiger partial charge in [0.2, 0.25) is 0 Å². The number of halogens is 1. The van der Waals surface area contributed by atoms with E-state index in [1.165, 1.54) is 0 Å². The number of hydrogen-bond acceptors (Lipinski definition) is 3. The van der Waals surface area contributed by atoms with Crippen molar-refractivity contribution in [3.63, 3.8) is 0 Å². The quantitative estimate of drug-likeness (QED) is 0.877. The normalized spacial score (nSPS) is 14.6. The summed E-state index contributed by atoms with van der Waals surface area (Å²) in [6.07, 6.45) is 1.83. The molecule has 0 radical (unpaired) electrons. The SMILES string of the molecule is CCc1nn(CC)c(CC(=O)C(C)(N)CC)c1Br. The van der Waals surface area contributed by atoms with Gasteiger partial charge < -0.3 is 5.73 Å². The van der Waals surface area contributed by atoms with Gasteiger partial charge in [-0.05, 0) is 42.6 Å². The Morgan fingerprint density at radius 3 is 2.50 bits per heavy atom. The van der Waals surface area contributed by atoms with Crippen molar-refractivity contribution in [1.29, 1.82) is 0 Å². The maximum Gasteiger partial charge on any atom is 0.158 e. The van der Waals surface area contributed by atoms with E-state index in [1.807, 2.05) is 18.5 Å². The minimum atomic E-state index is -0.755. The largest absolute Gasteiger partial charge is 0.319 e. The molecule has 18 heavy (non-hydrogen) atoms. The third-order valence-electron chi connectivity index (χ3n) is 3.39. The number of nitrogens with two attached hydrogens (primary N) is 1. The lowest BCUT2D eigenvalue weighted by Gasteiger charge is -2.21. The topological polar surface area (TPSA) is 60.9 Å². The molecule has 0 amide bonds. The molecule has 0 aromatic carbocycles. The standard InChI is InChI=1S/C13H22BrN3O/c1-5-9-12(14)10(17(7-3)16-9)8-11(18)13(4,15)6-2/h5-8,15H2,1-4H3. The molecule has 1 unspecified atom stereocenters. The molecule has 1 aromatic heterocycles. The molecule has 102 valence electrons. The smallest absolute Gasteiger partial charge is 0.158 e. The van der Waals surface area contributed by atoms with E-state index in [0.717, 1.165) is 28.8 Å². The van der Waals surface area contributed by atoms with Crippen LogP contribution in [-0.2, 0) is 24.2 Å². The highest BCUT2D eigenvalue weighted by Gasteiger charge is 2.28. The highest BCUT2D eigenvalue weighted by molar-refractivity contribution is 9.10. The summed E-state index contributed by atoms with van der Waals surface area (Å²) in [6.45, 7) is 8.55. The number of carbonyl (C=O) groups excluding carboxylic acids is 1. The Morgan fingerprint density at radius 1 is 1.44 bits per heavy atom. The second-order valence-corrected chi connectivity index (χ2v) is 5.54. The first-order chi connectivity index (χ1) is 8.37. The van der Waals surface area contributed by atoms with Crippen molar-refractivity contribution in [2.24, 2.45) is 5.73 Å². The lowest BCUT2D eigenvalue weighted by Crippen LogP contribution is -2.45. The Hall–Kier alpha value is -0.680. The van der Waals surface area contributed by atoms with E-state index in [4.69, 9.17) is 5.73 Å². The van der Waals surface area contributed by atoms with Crippen LogP contribution in [0.25, 0.3) is 0 Å². The van der Waals surface area contributed by atoms with Gasteiger partial charge in [-0.25, -0.2) is 0 Å². The first kappa shape index (κ1) is 15.4. The van der Waals surface area contributed by atoms with E-state index in [1.54, 1.807) is 6.92 Å². The van der Waals surface area contributed by atoms with E-state index < -0.39 is 5.54 Å². The Morgan fingerprint density at radius 2 is 2.06 bits per heavy atom. The summed E-state index contributed by atoms with van der Waals surface area (Å²) in [5, 5.41) is 4.48. The third kappa shape index (κ3) is 3.01. The zero-order valence-corrected chi connectivity index (χ0v) is 13.2. The van der Waals surface area contributed by atoms with Gasteiger partial charge in [0.1, 0.15) is 0 Å². The molecule has 1 aromatic rings. The number of carbonyl (C=O) groups is 1. The lowest BCUT2D eigenvalue weighted by atomic mass is 9.91. The zero-order valence-electron chi connectivity index (χ0n) is 11.6. The van der Waals surface area contributed by atoms with Crippen molar-refractivity contribution >= 4 is 21.7 Å². The number of aromatic nitrogens is 2. The Kier molecular flexibility index (Phi) is 5.10. The molecule has 0 spiro atoms. The van der Waals surface area contributed by atoms with Crippen molar-refractivity contribution in [3.05, 3.63) is 15.9 Å². The monoisotopic (exact) mass is 315 g/mol. The molecule has 0 saturated carbocycles. The second-order valence-electron chi connectivity index (χ2n) is 4.75. The predicted molar refractivity (Wildman–Crippen MR) is 76.6 cm³/mol. The van der Waals surface area contributed by atoms with Gasteiger partial charge in [0, 0.05) is 6.54 Å². The van der Waals surface area contributed by atoms with Crippen molar-refractivity contribution in [2.45, 2.75) is 59.0 Å². The van der Waals surface area contributed by atoms with Gasteiger partial charge in [-0.15, -0.1) is 0 Å². The summed E-state index contributed by atoms with van der Waals surface area (Å²) in [5.74, 6) is 0.0583. The molecule has 0 aliphatic heterocycles. The summed E-state index contributed by atoms with van der Waals surface area (Å²) in [7, 11) is 0. The van der Waals surface area contributed by atoms with Crippen molar-refractivity contribution in [1.82, 2.24) is 9.78 Å². The van der Waals surface area contributed by atoms with Gasteiger partial charge in [0.05, 0.1) is 27.8 Å². The molecule has 0 aliphatic rings. The number of hydrogen-bond donors (Lipinski definition) is 1. The van der Waals surface area contributed by atoms with E-state index in [0.29, 0.717) is 12.8 Å². The summed E-state index contributed by atoms with van der Waals surface area (Å²) in [5.41, 5.74) is 7.17. The van der Waals surface area contributed by atoms with Crippen LogP contribution < -0.4 is 5.73 Å². The van der Waals surface area contributed by atoms with Gasteiger partial charge in [-0.3, -0.25) is 9.48 Å². The maximum atomic E-state index is 12.2. The number of aryl methyl sites for hydroxylation is 2. The van der Waals surface area contributed by atoms with Gasteiger partial charge in [0.15, 0.2) is 5.78 Å². The van der Waals surface area contributed by atoms with E-state index >= 15 is 0 Å². The third-order valence-corrected chi connectivity index (χ3v) is 4.31. The molecule has 1 heterocycles. The van der Waals surface area contributed by atoms with Crippen LogP contribution in [0, 0.1) is 0 Å². The fourth-order valence-electron chi connectivity index (χ4n) is 1.74. The van der Waals surface area contributed by atoms with Crippen LogP contribution in [0.1, 0.15) is 45.5 Å². The minimum absolute atomic E-state index is 0.0583. The minimum Gasteiger partial charge on any atom is -0.319 e. The maximum absolute atomic E-state index is 12.2. The van der Waals surface area contributed by atoms with Crippen molar-refractivity contribution < 1.29 is 4.79 Å². The van der Waals surface area contributed by atoms with E-state index in [9.17, 15) is 4.79 Å². The molecule has 0 aliphatic carbocycles. The summed E-state index contributed by atoms with van der Waals surface area (Å²) in [4.78, 5) is 12.2. The number of Topliss-reactive ketones (excluding diaryl/α,β-unsaturated/α-hetero) is 1. The van der Waals surface area contributed by atoms with Crippen LogP contribution in [0.2, 0.25) is 0 Å². The Bertz CT molecular complexity index is 438. The molecule has 2 N–H and O–H groups in total. The molecule has 0 bridgehead atoms. The first-order valence-corrected chi connectivity index (χ1v) is 7.22. The average molecular weight is 316 g/mol. The van der Waals surface area contributed by atoms with Crippen molar-refractivity contribution in [3.8, 4) is 0 Å². The number of rotatable bonds is 6. The van der Waals surface area contributed by atoms with Gasteiger partial charge in [-0.1, -0.05) is 13.8 Å². The second kappa shape index (κ2) is 5.97. The fraction of sp³-hybridized carbons (Fsp3) is 0.692. The first-order valence-electron chi connectivity index (χ1n) is 6.43. The molecule has 0 saturated heterocycles. The Balaban J connectivity index is 3.04. The highest BCUT2D eigenvalue weighted by Crippen LogP contribution is 2.24. The fourth-order valence-corrected chi connectivity index (χ4v) is 2.44. The molecule has 4 nitrogen and oxygen atoms in total. The lowest BCUT2D eigenvalue weighted by molar-refractivity contribution is -0.123. The molecular formula is C13H22BrN3O. The van der Waals surface area contributed by atoms with Crippen LogP contribution in [0.3, 0.4) is 0 Å². The molecule has 1 atom stereocenters. The van der Waals surface area contributed by atoms with Gasteiger partial charge in [-0.2, -0.15) is 5.10 Å². The summed E-state index contributed by atoms with van der Waals surface area (Å²) >= 11 is 3.54. The summed E-state index contributed by atoms with van der Waals surface area (Å²) < 4.78 is 2.83. The summed E-state index contributed by atoms with van der Waals surface area (Å²) in [6, 6.07) is 0. The van der Waals surface area contributed by atoms with Crippen LogP contribution in [-0.4, -0.2) is 21.1 Å². The van der Waals surface area contributed by atoms with E-state index in [-0.39, 0.29) is 5.78 Å². The molecule has 0 fully saturated rings. The molecule has 1 rings (SSSR count).